The highest BCUT2D eigenvalue weighted by Gasteiger charge is 2.46. The van der Waals surface area contributed by atoms with Crippen molar-refractivity contribution in [3.05, 3.63) is 0 Å². The molecule has 8 unspecified atom stereocenters. The molecule has 0 saturated heterocycles. The summed E-state index contributed by atoms with van der Waals surface area (Å²) in [7, 11) is 0. The Kier molecular flexibility index (Phi) is 57.9. The predicted octanol–water partition coefficient (Wildman–Crippen LogP) is 21.7. The van der Waals surface area contributed by atoms with Crippen LogP contribution in [0.15, 0.2) is 0 Å². The molecule has 0 aromatic heterocycles. The van der Waals surface area contributed by atoms with Crippen LogP contribution in [0.2, 0.25) is 0 Å². The van der Waals surface area contributed by atoms with E-state index < -0.39 is 84.2 Å². The molecule has 0 bridgehead atoms. The minimum absolute atomic E-state index is 0.00296. The lowest BCUT2D eigenvalue weighted by atomic mass is 9.79. The smallest absolute Gasteiger partial charge is 0.169 e. The fraction of sp³-hybridized carbons (Fsp3) is 0.898. The number of rotatable bonds is 54. The van der Waals surface area contributed by atoms with E-state index in [1.54, 1.807) is 27.7 Å². The van der Waals surface area contributed by atoms with Gasteiger partial charge in [-0.05, 0) is 312 Å². The van der Waals surface area contributed by atoms with Gasteiger partial charge in [0, 0.05) is 113 Å². The fourth-order valence-electron chi connectivity index (χ4n) is 16.1. The van der Waals surface area contributed by atoms with E-state index in [9.17, 15) is 57.5 Å². The van der Waals surface area contributed by atoms with Crippen LogP contribution in [0.4, 0.5) is 0 Å². The van der Waals surface area contributed by atoms with Crippen molar-refractivity contribution in [1.29, 1.82) is 0 Å². The number of carbonyl (C=O) groups is 12. The molecule has 0 aromatic carbocycles. The molecule has 0 fully saturated rings. The molecule has 0 spiro atoms. The summed E-state index contributed by atoms with van der Waals surface area (Å²) in [6.45, 7) is 114. The Hall–Kier alpha value is -4.44. The maximum absolute atomic E-state index is 13.9. The highest BCUT2D eigenvalue weighted by molar-refractivity contribution is 6.00. The van der Waals surface area contributed by atoms with Gasteiger partial charge in [-0.15, -0.1) is 0 Å². The monoisotopic (exact) mass is 2010 g/mol. The third-order valence-electron chi connectivity index (χ3n) is 24.2. The van der Waals surface area contributed by atoms with E-state index in [1.165, 1.54) is 0 Å². The normalized spacial score (nSPS) is 15.5. The highest BCUT2D eigenvalue weighted by Crippen LogP contribution is 2.33. The zero-order valence-corrected chi connectivity index (χ0v) is 103. The first-order valence-corrected chi connectivity index (χ1v) is 54.2. The van der Waals surface area contributed by atoms with E-state index in [0.717, 1.165) is 103 Å². The Morgan fingerprint density at radius 2 is 0.338 bits per heavy atom. The molecule has 8 atom stereocenters. The van der Waals surface area contributed by atoms with Gasteiger partial charge in [-0.2, -0.15) is 0 Å². The second kappa shape index (κ2) is 57.1. The van der Waals surface area contributed by atoms with Crippen LogP contribution in [-0.2, 0) is 57.5 Å². The topological polar surface area (TPSA) is 349 Å². The lowest BCUT2D eigenvalue weighted by Crippen LogP contribution is -2.61. The number of unbranched alkanes of at least 4 members (excludes halogenated alkanes) is 4. The molecule has 836 valence electrons. The second-order valence-corrected chi connectivity index (χ2v) is 59.9. The van der Waals surface area contributed by atoms with Crippen molar-refractivity contribution < 1.29 is 57.5 Å². The zero-order valence-electron chi connectivity index (χ0n) is 103. The first-order valence-electron chi connectivity index (χ1n) is 54.2. The largest absolute Gasteiger partial charge is 0.312 e. The highest BCUT2D eigenvalue weighted by atomic mass is 16.2. The molecule has 0 amide bonds. The summed E-state index contributed by atoms with van der Waals surface area (Å²) in [5.41, 5.74) is -8.57. The van der Waals surface area contributed by atoms with Crippen molar-refractivity contribution in [3.8, 4) is 0 Å². The number of Topliss-reactive ketones (excluding diaryl/α,β-unsaturated/α-hetero) is 12. The molecule has 12 N–H and O–H groups in total. The number of hydrogen-bond donors (Lipinski definition) is 12. The summed E-state index contributed by atoms with van der Waals surface area (Å²) in [5, 5.41) is 41.5. The van der Waals surface area contributed by atoms with Crippen molar-refractivity contribution in [2.75, 3.05) is 26.2 Å². The molecule has 0 aliphatic rings. The first kappa shape index (κ1) is 144. The SMILES string of the molecule is CC(C)(C)NC(CC(=O)C(C)(C)NC(CC(=O)C(C)(C)C)C(=O)C(C)(C)C)C(=O)C(C)(C)C.CC(C)(C)NC(CCC(=O)C(C)(C)NC(CCC(=O)C(C)(C)C)C(=O)C(C)(C)C)C(=O)C(C)(C)C.CC(C)(C)NCCCCC(NC(C)(C)C(=O)C(CCCCNC(C)(C)C)NC(C)(C)C)C(=O)C(C)(C)C.CC(C)(C)NCCCCC(NC(C)(C)C)C(=O)C(C)(C)NCCCCC(NC(C)(C)C)C(=O)C(C)(C)C. The van der Waals surface area contributed by atoms with Gasteiger partial charge >= 0.3 is 0 Å². The van der Waals surface area contributed by atoms with Crippen LogP contribution in [0.1, 0.15) is 503 Å². The van der Waals surface area contributed by atoms with Gasteiger partial charge in [0.25, 0.3) is 0 Å². The molecule has 0 rings (SSSR count). The van der Waals surface area contributed by atoms with E-state index in [-0.39, 0.29) is 169 Å². The van der Waals surface area contributed by atoms with Crippen molar-refractivity contribution in [3.63, 3.8) is 0 Å². The Morgan fingerprint density at radius 1 is 0.155 bits per heavy atom. The van der Waals surface area contributed by atoms with Gasteiger partial charge in [-0.25, -0.2) is 0 Å². The van der Waals surface area contributed by atoms with E-state index in [0.29, 0.717) is 12.8 Å². The summed E-state index contributed by atoms with van der Waals surface area (Å²) in [6, 6.07) is -3.43. The maximum atomic E-state index is 13.9. The van der Waals surface area contributed by atoms with Crippen LogP contribution in [-0.4, -0.2) is 210 Å². The third kappa shape index (κ3) is 65.5. The summed E-state index contributed by atoms with van der Waals surface area (Å²) in [4.78, 5) is 158. The summed E-state index contributed by atoms with van der Waals surface area (Å²) in [6.07, 6.45) is 12.2. The third-order valence-corrected chi connectivity index (χ3v) is 24.2. The molecule has 24 heteroatoms. The number of carbonyl (C=O) groups excluding carboxylic acids is 12. The van der Waals surface area contributed by atoms with Gasteiger partial charge in [0.2, 0.25) is 0 Å². The molecule has 0 radical (unpaired) electrons. The summed E-state index contributed by atoms with van der Waals surface area (Å²) >= 11 is 0. The minimum Gasteiger partial charge on any atom is -0.312 e. The average Bonchev–Trinajstić information content (AvgIpc) is 0.876. The standard InChI is InChI=1S/2C31H64N4O2.C29H54N2O4.C27H50N2O4/c1-27(2,3)25(36)23(34-29(7,8)9)19-16-18-22-33-31(13,14)26(37)24(35-30(10,11)12)20-15-17-21-32-28(4,5)6;1-27(2,3)25(36)23(19-15-17-21-32-28(4,5)6)35-31(13,14)26(37)24(34-30(10,11)12)20-16-18-22-33-29(7,8)9;1-25(2,3)21(32)17-15-20(24(35)27(7,8)9)31-29(13,14)22(33)18-16-19(30-28(10,11)12)23(34)26(4,5)6;1-23(2,3)19(30)15-18(22(33)25(7,8)9)29-27(13,14)20(31)16-17(28-26(10,11)12)21(32)24(4,5)6/h2*23-24,32-35H,15-22H2,1-14H3;19-20,30-31H,15-18H2,1-14H3;17-18,28-29H,15-16H2,1-14H3. The lowest BCUT2D eigenvalue weighted by molar-refractivity contribution is -0.136. The summed E-state index contributed by atoms with van der Waals surface area (Å²) in [5.74, 6) is 0.498. The van der Waals surface area contributed by atoms with Crippen LogP contribution < -0.4 is 63.8 Å². The molecule has 0 heterocycles. The van der Waals surface area contributed by atoms with Crippen LogP contribution in [0.5, 0.6) is 0 Å². The van der Waals surface area contributed by atoms with Crippen LogP contribution >= 0.6 is 0 Å². The molecule has 0 aliphatic carbocycles. The fourth-order valence-corrected chi connectivity index (χ4v) is 16.1. The van der Waals surface area contributed by atoms with Gasteiger partial charge in [0.05, 0.1) is 70.5 Å². The van der Waals surface area contributed by atoms with Gasteiger partial charge in [-0.3, -0.25) is 73.5 Å². The van der Waals surface area contributed by atoms with Gasteiger partial charge in [0.1, 0.15) is 11.6 Å². The molecule has 0 aliphatic heterocycles. The molecule has 142 heavy (non-hydrogen) atoms. The predicted molar refractivity (Wildman–Crippen MR) is 601 cm³/mol. The number of hydrogen-bond acceptors (Lipinski definition) is 24. The molecular weight excluding hydrogens is 1780 g/mol. The maximum Gasteiger partial charge on any atom is 0.169 e. The Balaban J connectivity index is -0.000000895. The van der Waals surface area contributed by atoms with Crippen LogP contribution in [0, 0.1) is 43.3 Å². The van der Waals surface area contributed by atoms with Crippen molar-refractivity contribution in [2.45, 2.75) is 618 Å². The van der Waals surface area contributed by atoms with Crippen molar-refractivity contribution in [1.82, 2.24) is 63.8 Å². The Morgan fingerprint density at radius 3 is 0.592 bits per heavy atom. The average molecular weight is 2010 g/mol. The lowest BCUT2D eigenvalue weighted by Gasteiger charge is -2.37. The molecule has 0 saturated carbocycles. The number of nitrogens with one attached hydrogen (secondary N) is 12. The van der Waals surface area contributed by atoms with E-state index in [1.807, 2.05) is 235 Å². The minimum atomic E-state index is -1.10. The van der Waals surface area contributed by atoms with Gasteiger partial charge in [-0.1, -0.05) is 192 Å². The quantitative estimate of drug-likeness (QED) is 0.0252. The van der Waals surface area contributed by atoms with E-state index in [4.69, 9.17) is 0 Å². The second-order valence-electron chi connectivity index (χ2n) is 59.9. The van der Waals surface area contributed by atoms with E-state index >= 15 is 0 Å². The summed E-state index contributed by atoms with van der Waals surface area (Å²) < 4.78 is 0. The van der Waals surface area contributed by atoms with Gasteiger partial charge < -0.3 is 47.9 Å². The van der Waals surface area contributed by atoms with Crippen LogP contribution in [0.25, 0.3) is 0 Å². The molecule has 0 aromatic rings. The van der Waals surface area contributed by atoms with Crippen molar-refractivity contribution in [2.24, 2.45) is 43.3 Å². The molecule has 24 nitrogen and oxygen atoms in total. The molecular formula is C118H232N12O12. The zero-order chi connectivity index (χ0) is 114. The Bertz CT molecular complexity index is 3880. The Labute approximate surface area is 873 Å². The van der Waals surface area contributed by atoms with Gasteiger partial charge in [0.15, 0.2) is 57.8 Å². The van der Waals surface area contributed by atoms with E-state index in [2.05, 4.69) is 188 Å². The first-order chi connectivity index (χ1) is 62.5. The van der Waals surface area contributed by atoms with Crippen LogP contribution in [0.3, 0.4) is 0 Å². The number of ketones is 12. The van der Waals surface area contributed by atoms with Crippen molar-refractivity contribution >= 4 is 69.4 Å².